The highest BCUT2D eigenvalue weighted by atomic mass is 19.4. The van der Waals surface area contributed by atoms with Gasteiger partial charge in [-0.05, 0) is 12.8 Å². The van der Waals surface area contributed by atoms with E-state index in [1.165, 1.54) is 12.3 Å². The molecule has 1 fully saturated rings. The quantitative estimate of drug-likeness (QED) is 0.632. The van der Waals surface area contributed by atoms with Crippen molar-refractivity contribution < 1.29 is 22.7 Å². The van der Waals surface area contributed by atoms with Gasteiger partial charge in [0.1, 0.15) is 5.69 Å². The zero-order chi connectivity index (χ0) is 16.3. The molecule has 0 spiro atoms. The van der Waals surface area contributed by atoms with Crippen molar-refractivity contribution in [1.29, 1.82) is 0 Å². The molecular weight excluding hydrogens is 299 g/mol. The monoisotopic (exact) mass is 317 g/mol. The van der Waals surface area contributed by atoms with Gasteiger partial charge in [-0.25, -0.2) is 4.98 Å². The fourth-order valence-electron chi connectivity index (χ4n) is 2.37. The number of rotatable bonds is 4. The third-order valence-corrected chi connectivity index (χ3v) is 3.38. The van der Waals surface area contributed by atoms with Crippen LogP contribution >= 0.6 is 0 Å². The average molecular weight is 317 g/mol. The lowest BCUT2D eigenvalue weighted by atomic mass is 10.1. The van der Waals surface area contributed by atoms with E-state index in [4.69, 9.17) is 4.74 Å². The number of halogens is 3. The highest BCUT2D eigenvalue weighted by Crippen LogP contribution is 2.34. The zero-order valence-electron chi connectivity index (χ0n) is 12.4. The van der Waals surface area contributed by atoms with Crippen LogP contribution in [0.2, 0.25) is 0 Å². The van der Waals surface area contributed by atoms with Gasteiger partial charge in [0, 0.05) is 45.6 Å². The number of hydrogen-bond acceptors (Lipinski definition) is 4. The number of imidazole rings is 1. The van der Waals surface area contributed by atoms with Crippen molar-refractivity contribution in [3.63, 3.8) is 0 Å². The standard InChI is InChI=1S/C14H18F3N3O2/c1-19(2)6-3-12(21)11-9-18-13(14(15,16)17)20(11)10-4-7-22-8-5-10/h3,6,9-10H,4-5,7-8H2,1-2H3/b6-3+. The molecule has 0 aromatic carbocycles. The van der Waals surface area contributed by atoms with Gasteiger partial charge in [-0.3, -0.25) is 4.79 Å². The number of nitrogens with zero attached hydrogens (tertiary/aromatic N) is 3. The summed E-state index contributed by atoms with van der Waals surface area (Å²) < 4.78 is 45.6. The Morgan fingerprint density at radius 2 is 2.05 bits per heavy atom. The van der Waals surface area contributed by atoms with Gasteiger partial charge in [-0.1, -0.05) is 0 Å². The molecule has 1 saturated heterocycles. The number of allylic oxidation sites excluding steroid dienone is 1. The summed E-state index contributed by atoms with van der Waals surface area (Å²) in [5.74, 6) is -1.52. The third kappa shape index (κ3) is 3.68. The second-order valence-corrected chi connectivity index (χ2v) is 5.32. The molecule has 1 aromatic rings. The lowest BCUT2D eigenvalue weighted by Crippen LogP contribution is -2.27. The normalized spacial score (nSPS) is 17.1. The average Bonchev–Trinajstić information content (AvgIpc) is 2.90. The van der Waals surface area contributed by atoms with Gasteiger partial charge in [0.2, 0.25) is 11.6 Å². The number of ketones is 1. The van der Waals surface area contributed by atoms with Gasteiger partial charge in [0.25, 0.3) is 0 Å². The molecule has 0 amide bonds. The molecule has 0 radical (unpaired) electrons. The molecule has 0 aliphatic carbocycles. The molecular formula is C14H18F3N3O2. The SMILES string of the molecule is CN(C)/C=C/C(=O)c1cnc(C(F)(F)F)n1C1CCOCC1. The third-order valence-electron chi connectivity index (χ3n) is 3.38. The van der Waals surface area contributed by atoms with E-state index < -0.39 is 23.8 Å². The summed E-state index contributed by atoms with van der Waals surface area (Å²) >= 11 is 0. The molecule has 1 aliphatic rings. The van der Waals surface area contributed by atoms with E-state index in [1.807, 2.05) is 0 Å². The molecule has 1 aromatic heterocycles. The molecule has 0 bridgehead atoms. The summed E-state index contributed by atoms with van der Waals surface area (Å²) in [7, 11) is 3.45. The van der Waals surface area contributed by atoms with Gasteiger partial charge in [0.15, 0.2) is 0 Å². The maximum Gasteiger partial charge on any atom is 0.449 e. The Hall–Kier alpha value is -1.83. The maximum absolute atomic E-state index is 13.1. The topological polar surface area (TPSA) is 47.4 Å². The molecule has 1 aliphatic heterocycles. The van der Waals surface area contributed by atoms with Crippen LogP contribution in [-0.2, 0) is 10.9 Å². The van der Waals surface area contributed by atoms with Gasteiger partial charge in [-0.2, -0.15) is 13.2 Å². The van der Waals surface area contributed by atoms with Crippen molar-refractivity contribution in [3.8, 4) is 0 Å². The Bertz CT molecular complexity index is 558. The summed E-state index contributed by atoms with van der Waals surface area (Å²) in [5.41, 5.74) is -0.0441. The number of hydrogen-bond donors (Lipinski definition) is 0. The highest BCUT2D eigenvalue weighted by molar-refractivity contribution is 6.03. The van der Waals surface area contributed by atoms with E-state index in [0.717, 1.165) is 10.8 Å². The van der Waals surface area contributed by atoms with Crippen molar-refractivity contribution in [1.82, 2.24) is 14.5 Å². The van der Waals surface area contributed by atoms with Gasteiger partial charge >= 0.3 is 6.18 Å². The Kier molecular flexibility index (Phi) is 4.90. The summed E-state index contributed by atoms with van der Waals surface area (Å²) in [4.78, 5) is 17.3. The Morgan fingerprint density at radius 3 is 2.59 bits per heavy atom. The van der Waals surface area contributed by atoms with Crippen LogP contribution in [0, 0.1) is 0 Å². The Morgan fingerprint density at radius 1 is 1.41 bits per heavy atom. The van der Waals surface area contributed by atoms with Gasteiger partial charge in [0.05, 0.1) is 6.20 Å². The second kappa shape index (κ2) is 6.51. The lowest BCUT2D eigenvalue weighted by molar-refractivity contribution is -0.148. The van der Waals surface area contributed by atoms with E-state index in [2.05, 4.69) is 4.98 Å². The zero-order valence-corrected chi connectivity index (χ0v) is 12.4. The Labute approximate surface area is 126 Å². The van der Waals surface area contributed by atoms with E-state index in [-0.39, 0.29) is 5.69 Å². The summed E-state index contributed by atoms with van der Waals surface area (Å²) in [6, 6.07) is -0.431. The van der Waals surface area contributed by atoms with Crippen LogP contribution in [0.15, 0.2) is 18.5 Å². The molecule has 2 rings (SSSR count). The number of alkyl halides is 3. The minimum absolute atomic E-state index is 0.0441. The molecule has 5 nitrogen and oxygen atoms in total. The molecule has 22 heavy (non-hydrogen) atoms. The summed E-state index contributed by atoms with van der Waals surface area (Å²) in [5, 5.41) is 0. The first-order chi connectivity index (χ1) is 10.3. The lowest BCUT2D eigenvalue weighted by Gasteiger charge is -2.26. The minimum Gasteiger partial charge on any atom is -0.383 e. The predicted octanol–water partition coefficient (Wildman–Crippen LogP) is 2.51. The molecule has 122 valence electrons. The van der Waals surface area contributed by atoms with Crippen molar-refractivity contribution in [2.75, 3.05) is 27.3 Å². The maximum atomic E-state index is 13.1. The minimum atomic E-state index is -4.60. The van der Waals surface area contributed by atoms with Crippen molar-refractivity contribution in [2.24, 2.45) is 0 Å². The molecule has 0 unspecified atom stereocenters. The fourth-order valence-corrected chi connectivity index (χ4v) is 2.37. The van der Waals surface area contributed by atoms with E-state index in [1.54, 1.807) is 19.0 Å². The van der Waals surface area contributed by atoms with Crippen LogP contribution < -0.4 is 0 Å². The molecule has 0 saturated carbocycles. The number of aromatic nitrogens is 2. The summed E-state index contributed by atoms with van der Waals surface area (Å²) in [6.45, 7) is 0.753. The second-order valence-electron chi connectivity index (χ2n) is 5.32. The smallest absolute Gasteiger partial charge is 0.383 e. The predicted molar refractivity (Wildman–Crippen MR) is 73.5 cm³/mol. The van der Waals surface area contributed by atoms with Crippen LogP contribution in [0.3, 0.4) is 0 Å². The van der Waals surface area contributed by atoms with Crippen LogP contribution in [-0.4, -0.2) is 47.5 Å². The van der Waals surface area contributed by atoms with Crippen molar-refractivity contribution >= 4 is 5.78 Å². The molecule has 0 atom stereocenters. The molecule has 0 N–H and O–H groups in total. The highest BCUT2D eigenvalue weighted by Gasteiger charge is 2.40. The van der Waals surface area contributed by atoms with Crippen LogP contribution in [0.1, 0.15) is 35.2 Å². The first-order valence-corrected chi connectivity index (χ1v) is 6.92. The number of carbonyl (C=O) groups is 1. The number of ether oxygens (including phenoxy) is 1. The summed E-state index contributed by atoms with van der Waals surface area (Å²) in [6.07, 6.45) is 0.000850. The van der Waals surface area contributed by atoms with Crippen LogP contribution in [0.25, 0.3) is 0 Å². The first-order valence-electron chi connectivity index (χ1n) is 6.92. The van der Waals surface area contributed by atoms with Crippen molar-refractivity contribution in [2.45, 2.75) is 25.1 Å². The van der Waals surface area contributed by atoms with E-state index in [9.17, 15) is 18.0 Å². The van der Waals surface area contributed by atoms with Gasteiger partial charge in [-0.15, -0.1) is 0 Å². The van der Waals surface area contributed by atoms with Gasteiger partial charge < -0.3 is 14.2 Å². The van der Waals surface area contributed by atoms with Crippen LogP contribution in [0.5, 0.6) is 0 Å². The molecule has 8 heteroatoms. The van der Waals surface area contributed by atoms with E-state index in [0.29, 0.717) is 26.1 Å². The van der Waals surface area contributed by atoms with Crippen LogP contribution in [0.4, 0.5) is 13.2 Å². The number of carbonyl (C=O) groups excluding carboxylic acids is 1. The Balaban J connectivity index is 2.41. The molecule has 2 heterocycles. The largest absolute Gasteiger partial charge is 0.449 e. The fraction of sp³-hybridized carbons (Fsp3) is 0.571. The van der Waals surface area contributed by atoms with E-state index >= 15 is 0 Å². The van der Waals surface area contributed by atoms with Crippen molar-refractivity contribution in [3.05, 3.63) is 30.0 Å². The first kappa shape index (κ1) is 16.5.